The Balaban J connectivity index is 2.03. The molecule has 1 N–H and O–H groups in total. The first-order chi connectivity index (χ1) is 10.1. The van der Waals surface area contributed by atoms with Gasteiger partial charge in [0.25, 0.3) is 0 Å². The fourth-order valence-electron chi connectivity index (χ4n) is 3.01. The lowest BCUT2D eigenvalue weighted by Crippen LogP contribution is -2.43. The van der Waals surface area contributed by atoms with Gasteiger partial charge in [0.05, 0.1) is 5.92 Å². The highest BCUT2D eigenvalue weighted by molar-refractivity contribution is 5.72. The Hall–Kier alpha value is -2.55. The zero-order chi connectivity index (χ0) is 15.0. The van der Waals surface area contributed by atoms with Crippen molar-refractivity contribution in [1.29, 1.82) is 5.26 Å². The van der Waals surface area contributed by atoms with Gasteiger partial charge < -0.3 is 10.0 Å². The van der Waals surface area contributed by atoms with Crippen LogP contribution in [0.4, 0.5) is 5.82 Å². The minimum atomic E-state index is -0.783. The lowest BCUT2D eigenvalue weighted by Gasteiger charge is -2.34. The summed E-state index contributed by atoms with van der Waals surface area (Å²) < 4.78 is 1.74. The second-order valence-corrected chi connectivity index (χ2v) is 5.61. The Bertz CT molecular complexity index is 731. The molecule has 2 atom stereocenters. The van der Waals surface area contributed by atoms with E-state index in [2.05, 4.69) is 11.1 Å². The van der Waals surface area contributed by atoms with Crippen molar-refractivity contribution < 1.29 is 9.90 Å². The van der Waals surface area contributed by atoms with Crippen LogP contribution in [-0.2, 0) is 4.79 Å². The maximum atomic E-state index is 11.3. The number of piperidine rings is 1. The third-order valence-corrected chi connectivity index (χ3v) is 3.93. The maximum Gasteiger partial charge on any atom is 0.308 e. The zero-order valence-electron chi connectivity index (χ0n) is 11.7. The minimum absolute atomic E-state index is 0.260. The molecule has 6 heteroatoms. The number of carboxylic acids is 1. The van der Waals surface area contributed by atoms with E-state index in [9.17, 15) is 15.2 Å². The normalized spacial score (nSPS) is 22.2. The largest absolute Gasteiger partial charge is 0.481 e. The van der Waals surface area contributed by atoms with Crippen LogP contribution in [-0.4, -0.2) is 33.6 Å². The molecule has 21 heavy (non-hydrogen) atoms. The van der Waals surface area contributed by atoms with Gasteiger partial charge in [0.15, 0.2) is 11.5 Å². The molecule has 2 aromatic rings. The summed E-state index contributed by atoms with van der Waals surface area (Å²) in [5, 5.41) is 18.7. The summed E-state index contributed by atoms with van der Waals surface area (Å²) in [4.78, 5) is 17.7. The molecule has 2 unspecified atom stereocenters. The zero-order valence-corrected chi connectivity index (χ0v) is 11.7. The van der Waals surface area contributed by atoms with Gasteiger partial charge in [-0.1, -0.05) is 13.0 Å². The van der Waals surface area contributed by atoms with Crippen LogP contribution in [0.3, 0.4) is 0 Å². The maximum absolute atomic E-state index is 11.3. The summed E-state index contributed by atoms with van der Waals surface area (Å²) in [6, 6.07) is 7.74. The van der Waals surface area contributed by atoms with E-state index < -0.39 is 11.9 Å². The summed E-state index contributed by atoms with van der Waals surface area (Å²) in [6.45, 7) is 3.16. The number of nitriles is 1. The number of hydrogen-bond donors (Lipinski definition) is 1. The number of aliphatic carboxylic acids is 1. The molecule has 3 rings (SSSR count). The van der Waals surface area contributed by atoms with Gasteiger partial charge in [0.1, 0.15) is 11.7 Å². The average Bonchev–Trinajstić information content (AvgIpc) is 2.85. The first-order valence-corrected chi connectivity index (χ1v) is 6.95. The van der Waals surface area contributed by atoms with Crippen LogP contribution in [0.5, 0.6) is 0 Å². The van der Waals surface area contributed by atoms with E-state index in [1.54, 1.807) is 10.6 Å². The molecule has 0 aliphatic carbocycles. The van der Waals surface area contributed by atoms with Gasteiger partial charge in [-0.3, -0.25) is 9.20 Å². The quantitative estimate of drug-likeness (QED) is 0.908. The number of carbonyl (C=O) groups is 1. The molecule has 1 fully saturated rings. The molecular formula is C15H16N4O2. The van der Waals surface area contributed by atoms with E-state index in [0.717, 1.165) is 6.54 Å². The van der Waals surface area contributed by atoms with Gasteiger partial charge in [-0.2, -0.15) is 5.26 Å². The van der Waals surface area contributed by atoms with Gasteiger partial charge in [0.2, 0.25) is 0 Å². The number of aromatic nitrogens is 2. The molecule has 2 aromatic heterocycles. The number of anilines is 1. The fourth-order valence-corrected chi connectivity index (χ4v) is 3.01. The Morgan fingerprint density at radius 2 is 2.29 bits per heavy atom. The standard InChI is InChI=1S/C15H16N4O2/c1-10-6-11(15(20)21)9-18(8-10)14-12(7-16)19-5-3-2-4-13(19)17-14/h2-5,10-11H,6,8-9H2,1H3,(H,20,21). The molecule has 0 saturated carbocycles. The molecule has 1 aliphatic heterocycles. The van der Waals surface area contributed by atoms with Crippen molar-refractivity contribution in [2.75, 3.05) is 18.0 Å². The lowest BCUT2D eigenvalue weighted by molar-refractivity contribution is -0.142. The van der Waals surface area contributed by atoms with Crippen molar-refractivity contribution in [3.05, 3.63) is 30.1 Å². The van der Waals surface area contributed by atoms with Crippen molar-refractivity contribution in [3.8, 4) is 6.07 Å². The molecule has 108 valence electrons. The number of imidazole rings is 1. The van der Waals surface area contributed by atoms with Crippen molar-refractivity contribution in [1.82, 2.24) is 9.38 Å². The highest BCUT2D eigenvalue weighted by atomic mass is 16.4. The third-order valence-electron chi connectivity index (χ3n) is 3.93. The summed E-state index contributed by atoms with van der Waals surface area (Å²) in [6.07, 6.45) is 2.47. The van der Waals surface area contributed by atoms with Crippen molar-refractivity contribution in [2.45, 2.75) is 13.3 Å². The highest BCUT2D eigenvalue weighted by Gasteiger charge is 2.32. The summed E-state index contributed by atoms with van der Waals surface area (Å²) in [7, 11) is 0. The lowest BCUT2D eigenvalue weighted by atomic mass is 9.90. The van der Waals surface area contributed by atoms with Crippen LogP contribution in [0.2, 0.25) is 0 Å². The first kappa shape index (κ1) is 13.4. The first-order valence-electron chi connectivity index (χ1n) is 6.95. The SMILES string of the molecule is CC1CC(C(=O)O)CN(c2nc3ccccn3c2C#N)C1. The number of carboxylic acid groups (broad SMARTS) is 1. The van der Waals surface area contributed by atoms with Crippen LogP contribution in [0, 0.1) is 23.2 Å². The smallest absolute Gasteiger partial charge is 0.308 e. The number of rotatable bonds is 2. The Morgan fingerprint density at radius 3 is 3.00 bits per heavy atom. The highest BCUT2D eigenvalue weighted by Crippen LogP contribution is 2.29. The van der Waals surface area contributed by atoms with Gasteiger partial charge in [-0.05, 0) is 24.5 Å². The van der Waals surface area contributed by atoms with E-state index in [1.807, 2.05) is 30.0 Å². The third kappa shape index (κ3) is 2.31. The molecule has 1 aliphatic rings. The van der Waals surface area contributed by atoms with Crippen LogP contribution in [0.15, 0.2) is 24.4 Å². The predicted octanol–water partition coefficient (Wildman–Crippen LogP) is 1.75. The number of hydrogen-bond acceptors (Lipinski definition) is 4. The summed E-state index contributed by atoms with van der Waals surface area (Å²) in [5.41, 5.74) is 1.16. The second-order valence-electron chi connectivity index (χ2n) is 5.61. The van der Waals surface area contributed by atoms with Crippen LogP contribution in [0.25, 0.3) is 5.65 Å². The number of nitrogens with zero attached hydrogens (tertiary/aromatic N) is 4. The van der Waals surface area contributed by atoms with E-state index in [4.69, 9.17) is 0 Å². The monoisotopic (exact) mass is 284 g/mol. The molecule has 0 radical (unpaired) electrons. The average molecular weight is 284 g/mol. The molecule has 0 aromatic carbocycles. The molecule has 6 nitrogen and oxygen atoms in total. The molecule has 0 spiro atoms. The Kier molecular flexibility index (Phi) is 3.26. The van der Waals surface area contributed by atoms with Crippen LogP contribution in [0.1, 0.15) is 19.0 Å². The topological polar surface area (TPSA) is 81.6 Å². The fraction of sp³-hybridized carbons (Fsp3) is 0.400. The predicted molar refractivity (Wildman–Crippen MR) is 77.0 cm³/mol. The van der Waals surface area contributed by atoms with E-state index in [0.29, 0.717) is 30.1 Å². The molecule has 0 bridgehead atoms. The van der Waals surface area contributed by atoms with E-state index in [-0.39, 0.29) is 5.92 Å². The van der Waals surface area contributed by atoms with Crippen LogP contribution >= 0.6 is 0 Å². The molecule has 3 heterocycles. The van der Waals surface area contributed by atoms with E-state index in [1.165, 1.54) is 0 Å². The number of pyridine rings is 1. The van der Waals surface area contributed by atoms with Gasteiger partial charge in [-0.25, -0.2) is 4.98 Å². The van der Waals surface area contributed by atoms with Crippen molar-refractivity contribution in [2.24, 2.45) is 11.8 Å². The van der Waals surface area contributed by atoms with Crippen molar-refractivity contribution in [3.63, 3.8) is 0 Å². The summed E-state index contributed by atoms with van der Waals surface area (Å²) in [5.74, 6) is -0.350. The van der Waals surface area contributed by atoms with Crippen LogP contribution < -0.4 is 4.90 Å². The van der Waals surface area contributed by atoms with E-state index >= 15 is 0 Å². The summed E-state index contributed by atoms with van der Waals surface area (Å²) >= 11 is 0. The Labute approximate surface area is 122 Å². The second kappa shape index (κ2) is 5.09. The molecular weight excluding hydrogens is 268 g/mol. The van der Waals surface area contributed by atoms with Gasteiger partial charge in [-0.15, -0.1) is 0 Å². The van der Waals surface area contributed by atoms with Crippen molar-refractivity contribution >= 4 is 17.4 Å². The molecule has 0 amide bonds. The number of fused-ring (bicyclic) bond motifs is 1. The van der Waals surface area contributed by atoms with Gasteiger partial charge >= 0.3 is 5.97 Å². The van der Waals surface area contributed by atoms with Gasteiger partial charge in [0, 0.05) is 19.3 Å². The minimum Gasteiger partial charge on any atom is -0.481 e. The molecule has 1 saturated heterocycles. The Morgan fingerprint density at radius 1 is 1.48 bits per heavy atom.